The number of carbonyl (C=O) groups excluding carboxylic acids is 1. The molecule has 1 N–H and O–H groups in total. The molecule has 0 bridgehead atoms. The van der Waals surface area contributed by atoms with Gasteiger partial charge in [-0.25, -0.2) is 0 Å². The number of anilines is 1. The van der Waals surface area contributed by atoms with Crippen LogP contribution in [0.3, 0.4) is 0 Å². The predicted octanol–water partition coefficient (Wildman–Crippen LogP) is 4.91. The Morgan fingerprint density at radius 3 is 2.52 bits per heavy atom. The molecule has 29 heavy (non-hydrogen) atoms. The van der Waals surface area contributed by atoms with Gasteiger partial charge in [0.25, 0.3) is 5.91 Å². The molecule has 6 heteroatoms. The first-order valence-corrected chi connectivity index (χ1v) is 10.5. The molecule has 1 fully saturated rings. The fourth-order valence-electron chi connectivity index (χ4n) is 3.78. The summed E-state index contributed by atoms with van der Waals surface area (Å²) in [7, 11) is 2.06. The minimum atomic E-state index is -0.0523. The van der Waals surface area contributed by atoms with Crippen LogP contribution in [-0.2, 0) is 0 Å². The second-order valence-electron chi connectivity index (χ2n) is 7.99. The van der Waals surface area contributed by atoms with Crippen molar-refractivity contribution < 1.29 is 4.79 Å². The van der Waals surface area contributed by atoms with Crippen LogP contribution < -0.4 is 10.2 Å². The third kappa shape index (κ3) is 5.07. The lowest BCUT2D eigenvalue weighted by molar-refractivity contribution is 0.0925. The molecule has 5 nitrogen and oxygen atoms in total. The minimum absolute atomic E-state index is 0.0523. The van der Waals surface area contributed by atoms with E-state index in [0.717, 1.165) is 37.1 Å². The van der Waals surface area contributed by atoms with Crippen LogP contribution >= 0.6 is 11.6 Å². The molecule has 1 heterocycles. The Morgan fingerprint density at radius 1 is 1.24 bits per heavy atom. The summed E-state index contributed by atoms with van der Waals surface area (Å²) < 4.78 is 0. The minimum Gasteiger partial charge on any atom is -0.372 e. The van der Waals surface area contributed by atoms with Gasteiger partial charge >= 0.3 is 0 Å². The normalized spacial score (nSPS) is 18.9. The number of hydrogen-bond donors (Lipinski definition) is 1. The SMILES string of the molecule is CC(C)c1ccc(C(=O)N[C@H]2CC[C@H](N(C)c3ccc(C#N)c(Cl)c3)CC2)cn1. The van der Waals surface area contributed by atoms with Crippen LogP contribution in [0.1, 0.15) is 67.1 Å². The molecule has 1 aliphatic carbocycles. The molecule has 1 aromatic heterocycles. The number of nitrogens with one attached hydrogen (secondary N) is 1. The Labute approximate surface area is 177 Å². The van der Waals surface area contributed by atoms with Gasteiger partial charge in [-0.05, 0) is 61.9 Å². The smallest absolute Gasteiger partial charge is 0.253 e. The zero-order valence-electron chi connectivity index (χ0n) is 17.2. The molecular formula is C23H27ClN4O. The van der Waals surface area contributed by atoms with Crippen LogP contribution in [-0.4, -0.2) is 30.0 Å². The summed E-state index contributed by atoms with van der Waals surface area (Å²) in [6, 6.07) is 12.0. The van der Waals surface area contributed by atoms with Crippen molar-refractivity contribution in [2.24, 2.45) is 0 Å². The van der Waals surface area contributed by atoms with Crippen LogP contribution in [0.5, 0.6) is 0 Å². The molecule has 0 atom stereocenters. The van der Waals surface area contributed by atoms with E-state index in [9.17, 15) is 4.79 Å². The number of rotatable bonds is 5. The summed E-state index contributed by atoms with van der Waals surface area (Å²) >= 11 is 6.18. The van der Waals surface area contributed by atoms with Crippen molar-refractivity contribution in [3.05, 3.63) is 58.4 Å². The van der Waals surface area contributed by atoms with Gasteiger partial charge in [0.2, 0.25) is 0 Å². The third-order valence-corrected chi connectivity index (χ3v) is 6.01. The van der Waals surface area contributed by atoms with Crippen LogP contribution in [0.25, 0.3) is 0 Å². The summed E-state index contributed by atoms with van der Waals surface area (Å²) in [5, 5.41) is 12.7. The number of carbonyl (C=O) groups is 1. The highest BCUT2D eigenvalue weighted by Gasteiger charge is 2.26. The first kappa shape index (κ1) is 21.1. The van der Waals surface area contributed by atoms with E-state index < -0.39 is 0 Å². The summed E-state index contributed by atoms with van der Waals surface area (Å²) in [6.45, 7) is 4.17. The Morgan fingerprint density at radius 2 is 1.97 bits per heavy atom. The number of pyridine rings is 1. The molecule has 1 amide bonds. The van der Waals surface area contributed by atoms with Gasteiger partial charge in [-0.3, -0.25) is 9.78 Å². The molecule has 0 aliphatic heterocycles. The predicted molar refractivity (Wildman–Crippen MR) is 116 cm³/mol. The van der Waals surface area contributed by atoms with Crippen molar-refractivity contribution in [2.45, 2.75) is 57.5 Å². The van der Waals surface area contributed by atoms with E-state index in [1.165, 1.54) is 0 Å². The van der Waals surface area contributed by atoms with E-state index in [1.54, 1.807) is 12.3 Å². The van der Waals surface area contributed by atoms with Gasteiger partial charge in [0.05, 0.1) is 16.1 Å². The van der Waals surface area contributed by atoms with E-state index in [2.05, 4.69) is 42.2 Å². The number of nitriles is 1. The summed E-state index contributed by atoms with van der Waals surface area (Å²) in [5.74, 6) is 0.300. The Bertz CT molecular complexity index is 896. The zero-order valence-corrected chi connectivity index (χ0v) is 17.9. The van der Waals surface area contributed by atoms with Crippen molar-refractivity contribution in [3.63, 3.8) is 0 Å². The molecule has 1 aromatic carbocycles. The first-order valence-electron chi connectivity index (χ1n) is 10.1. The van der Waals surface area contributed by atoms with Crippen molar-refractivity contribution in [1.82, 2.24) is 10.3 Å². The zero-order chi connectivity index (χ0) is 21.0. The van der Waals surface area contributed by atoms with Gasteiger partial charge in [0.1, 0.15) is 6.07 Å². The molecule has 1 saturated carbocycles. The second-order valence-corrected chi connectivity index (χ2v) is 8.40. The van der Waals surface area contributed by atoms with Gasteiger partial charge in [-0.15, -0.1) is 0 Å². The number of amides is 1. The summed E-state index contributed by atoms with van der Waals surface area (Å²) in [5.41, 5.74) is 3.11. The average molecular weight is 411 g/mol. The Hall–Kier alpha value is -2.58. The van der Waals surface area contributed by atoms with Crippen molar-refractivity contribution in [3.8, 4) is 6.07 Å². The molecule has 2 aromatic rings. The number of halogens is 1. The molecular weight excluding hydrogens is 384 g/mol. The number of aromatic nitrogens is 1. The summed E-state index contributed by atoms with van der Waals surface area (Å²) in [6.07, 6.45) is 5.51. The average Bonchev–Trinajstić information content (AvgIpc) is 2.73. The molecule has 152 valence electrons. The lowest BCUT2D eigenvalue weighted by atomic mass is 9.90. The van der Waals surface area contributed by atoms with Crippen LogP contribution in [0.4, 0.5) is 5.69 Å². The lowest BCUT2D eigenvalue weighted by Crippen LogP contribution is -2.43. The topological polar surface area (TPSA) is 69.0 Å². The molecule has 1 aliphatic rings. The molecule has 0 unspecified atom stereocenters. The fraction of sp³-hybridized carbons (Fsp3) is 0.435. The molecule has 3 rings (SSSR count). The molecule has 0 spiro atoms. The summed E-state index contributed by atoms with van der Waals surface area (Å²) in [4.78, 5) is 19.1. The van der Waals surface area contributed by atoms with E-state index in [4.69, 9.17) is 16.9 Å². The fourth-order valence-corrected chi connectivity index (χ4v) is 4.00. The maximum atomic E-state index is 12.5. The van der Waals surface area contributed by atoms with Crippen molar-refractivity contribution in [2.75, 3.05) is 11.9 Å². The number of benzene rings is 1. The van der Waals surface area contributed by atoms with Gasteiger partial charge < -0.3 is 10.2 Å². The van der Waals surface area contributed by atoms with Crippen LogP contribution in [0.2, 0.25) is 5.02 Å². The number of hydrogen-bond acceptors (Lipinski definition) is 4. The molecule has 0 radical (unpaired) electrons. The molecule has 0 saturated heterocycles. The van der Waals surface area contributed by atoms with Crippen molar-refractivity contribution in [1.29, 1.82) is 5.26 Å². The largest absolute Gasteiger partial charge is 0.372 e. The van der Waals surface area contributed by atoms with Crippen molar-refractivity contribution >= 4 is 23.2 Å². The Kier molecular flexibility index (Phi) is 6.76. The van der Waals surface area contributed by atoms with Gasteiger partial charge in [0, 0.05) is 36.7 Å². The Balaban J connectivity index is 1.54. The number of nitrogens with zero attached hydrogens (tertiary/aromatic N) is 3. The van der Waals surface area contributed by atoms with E-state index in [1.807, 2.05) is 24.3 Å². The highest BCUT2D eigenvalue weighted by atomic mass is 35.5. The van der Waals surface area contributed by atoms with E-state index in [-0.39, 0.29) is 11.9 Å². The third-order valence-electron chi connectivity index (χ3n) is 5.70. The van der Waals surface area contributed by atoms with Crippen LogP contribution in [0, 0.1) is 11.3 Å². The maximum Gasteiger partial charge on any atom is 0.253 e. The standard InChI is InChI=1S/C23H27ClN4O/c1-15(2)22-11-5-17(14-26-22)23(29)27-18-6-9-19(10-7-18)28(3)20-8-4-16(13-25)21(24)12-20/h4-5,8,11-12,14-15,18-19H,6-7,9-10H2,1-3H3,(H,27,29)/t18-,19-. The second kappa shape index (κ2) is 9.28. The van der Waals surface area contributed by atoms with E-state index in [0.29, 0.717) is 28.1 Å². The van der Waals surface area contributed by atoms with Gasteiger partial charge in [-0.2, -0.15) is 5.26 Å². The lowest BCUT2D eigenvalue weighted by Gasteiger charge is -2.36. The monoisotopic (exact) mass is 410 g/mol. The highest BCUT2D eigenvalue weighted by molar-refractivity contribution is 6.32. The first-order chi connectivity index (χ1) is 13.9. The maximum absolute atomic E-state index is 12.5. The quantitative estimate of drug-likeness (QED) is 0.760. The van der Waals surface area contributed by atoms with Gasteiger partial charge in [0.15, 0.2) is 0 Å². The highest BCUT2D eigenvalue weighted by Crippen LogP contribution is 2.29. The van der Waals surface area contributed by atoms with E-state index >= 15 is 0 Å². The van der Waals surface area contributed by atoms with Gasteiger partial charge in [-0.1, -0.05) is 25.4 Å². The van der Waals surface area contributed by atoms with Crippen LogP contribution in [0.15, 0.2) is 36.5 Å².